The fraction of sp³-hybridized carbons (Fsp3) is 0. The Morgan fingerprint density at radius 1 is 1.41 bits per heavy atom. The Kier molecular flexibility index (Phi) is 3.12. The van der Waals surface area contributed by atoms with E-state index in [1.165, 1.54) is 18.2 Å². The molecule has 1 aromatic carbocycles. The maximum atomic E-state index is 11.7. The molecule has 4 N–H and O–H groups in total. The van der Waals surface area contributed by atoms with Crippen LogP contribution in [0.5, 0.6) is 0 Å². The lowest BCUT2D eigenvalue weighted by Crippen LogP contribution is -2.30. The highest BCUT2D eigenvalue weighted by atomic mass is 16.4. The molecule has 17 heavy (non-hydrogen) atoms. The van der Waals surface area contributed by atoms with Gasteiger partial charge in [0.1, 0.15) is 0 Å². The quantitative estimate of drug-likeness (QED) is 0.460. The highest BCUT2D eigenvalue weighted by molar-refractivity contribution is 6.58. The van der Waals surface area contributed by atoms with Crippen molar-refractivity contribution in [1.82, 2.24) is 20.6 Å². The zero-order valence-electron chi connectivity index (χ0n) is 8.53. The summed E-state index contributed by atoms with van der Waals surface area (Å²) in [7, 11) is -1.62. The maximum Gasteiger partial charge on any atom is 0.488 e. The molecule has 0 aliphatic rings. The Balaban J connectivity index is 2.16. The Bertz CT molecular complexity index is 516. The SMILES string of the molecule is O=C(Nc1nnn[nH]1)c1cccc(B(O)O)c1. The molecule has 0 unspecified atom stereocenters. The summed E-state index contributed by atoms with van der Waals surface area (Å²) in [6, 6.07) is 5.94. The Morgan fingerprint density at radius 3 is 2.88 bits per heavy atom. The number of H-pyrrole nitrogens is 1. The summed E-state index contributed by atoms with van der Waals surface area (Å²) in [6.07, 6.45) is 0. The number of nitrogens with zero attached hydrogens (tertiary/aromatic N) is 3. The van der Waals surface area contributed by atoms with E-state index in [0.717, 1.165) is 0 Å². The first kappa shape index (κ1) is 11.2. The van der Waals surface area contributed by atoms with Gasteiger partial charge in [-0.05, 0) is 28.0 Å². The molecule has 2 aromatic rings. The first-order valence-corrected chi connectivity index (χ1v) is 4.68. The minimum Gasteiger partial charge on any atom is -0.423 e. The fourth-order valence-corrected chi connectivity index (χ4v) is 1.23. The predicted molar refractivity (Wildman–Crippen MR) is 58.4 cm³/mol. The van der Waals surface area contributed by atoms with E-state index in [1.807, 2.05) is 0 Å². The van der Waals surface area contributed by atoms with Crippen LogP contribution in [0.3, 0.4) is 0 Å². The lowest BCUT2D eigenvalue weighted by atomic mass is 9.79. The number of aromatic amines is 1. The van der Waals surface area contributed by atoms with E-state index in [2.05, 4.69) is 25.9 Å². The van der Waals surface area contributed by atoms with Gasteiger partial charge in [0.2, 0.25) is 5.95 Å². The molecule has 8 nitrogen and oxygen atoms in total. The van der Waals surface area contributed by atoms with E-state index in [4.69, 9.17) is 10.0 Å². The van der Waals surface area contributed by atoms with Gasteiger partial charge in [-0.2, -0.15) is 0 Å². The summed E-state index contributed by atoms with van der Waals surface area (Å²) in [5.74, 6) is -0.337. The summed E-state index contributed by atoms with van der Waals surface area (Å²) in [4.78, 5) is 11.7. The number of anilines is 1. The van der Waals surface area contributed by atoms with Crippen LogP contribution in [0.15, 0.2) is 24.3 Å². The van der Waals surface area contributed by atoms with Crippen molar-refractivity contribution in [2.24, 2.45) is 0 Å². The second kappa shape index (κ2) is 4.72. The molecule has 0 aliphatic carbocycles. The normalized spacial score (nSPS) is 10.0. The average Bonchev–Trinajstić information content (AvgIpc) is 2.82. The Hall–Kier alpha value is -2.26. The van der Waals surface area contributed by atoms with Crippen LogP contribution in [0.4, 0.5) is 5.95 Å². The fourth-order valence-electron chi connectivity index (χ4n) is 1.23. The third-order valence-corrected chi connectivity index (χ3v) is 2.02. The number of hydrogen-bond acceptors (Lipinski definition) is 6. The van der Waals surface area contributed by atoms with Gasteiger partial charge in [0.15, 0.2) is 0 Å². The zero-order chi connectivity index (χ0) is 12.3. The van der Waals surface area contributed by atoms with E-state index in [0.29, 0.717) is 0 Å². The van der Waals surface area contributed by atoms with E-state index in [9.17, 15) is 4.79 Å². The zero-order valence-corrected chi connectivity index (χ0v) is 8.53. The molecule has 0 saturated carbocycles. The largest absolute Gasteiger partial charge is 0.488 e. The molecule has 1 heterocycles. The Morgan fingerprint density at radius 2 is 2.24 bits per heavy atom. The molecule has 0 radical (unpaired) electrons. The number of amides is 1. The van der Waals surface area contributed by atoms with Crippen LogP contribution in [0.25, 0.3) is 0 Å². The van der Waals surface area contributed by atoms with Gasteiger partial charge in [-0.25, -0.2) is 5.10 Å². The molecule has 0 saturated heterocycles. The number of aromatic nitrogens is 4. The van der Waals surface area contributed by atoms with Crippen LogP contribution in [-0.4, -0.2) is 43.7 Å². The summed E-state index contributed by atoms with van der Waals surface area (Å²) in [5, 5.41) is 32.8. The van der Waals surface area contributed by atoms with Gasteiger partial charge in [0.25, 0.3) is 5.91 Å². The van der Waals surface area contributed by atoms with Gasteiger partial charge >= 0.3 is 7.12 Å². The summed E-state index contributed by atoms with van der Waals surface area (Å²) < 4.78 is 0. The highest BCUT2D eigenvalue weighted by Crippen LogP contribution is 2.01. The summed E-state index contributed by atoms with van der Waals surface area (Å²) in [6.45, 7) is 0. The number of carbonyl (C=O) groups excluding carboxylic acids is 1. The number of tetrazole rings is 1. The van der Waals surface area contributed by atoms with Crippen LogP contribution >= 0.6 is 0 Å². The lowest BCUT2D eigenvalue weighted by molar-refractivity contribution is 0.102. The van der Waals surface area contributed by atoms with E-state index in [1.54, 1.807) is 6.07 Å². The molecule has 0 spiro atoms. The molecule has 86 valence electrons. The molecule has 1 aromatic heterocycles. The number of nitrogens with one attached hydrogen (secondary N) is 2. The van der Waals surface area contributed by atoms with Crippen LogP contribution in [0, 0.1) is 0 Å². The van der Waals surface area contributed by atoms with Crippen molar-refractivity contribution in [2.75, 3.05) is 5.32 Å². The van der Waals surface area contributed by atoms with Gasteiger partial charge in [0.05, 0.1) is 0 Å². The van der Waals surface area contributed by atoms with E-state index >= 15 is 0 Å². The molecule has 1 amide bonds. The van der Waals surface area contributed by atoms with E-state index in [-0.39, 0.29) is 17.0 Å². The standard InChI is InChI=1S/C8H8BN5O3/c15-7(10-8-11-13-14-12-8)5-2-1-3-6(4-5)9(16)17/h1-4,16-17H,(H2,10,11,12,13,14,15). The van der Waals surface area contributed by atoms with Crippen molar-refractivity contribution in [3.8, 4) is 0 Å². The monoisotopic (exact) mass is 233 g/mol. The summed E-state index contributed by atoms with van der Waals surface area (Å²) in [5.41, 5.74) is 0.500. The van der Waals surface area contributed by atoms with Crippen molar-refractivity contribution in [3.63, 3.8) is 0 Å². The van der Waals surface area contributed by atoms with Crippen molar-refractivity contribution >= 4 is 24.4 Å². The summed E-state index contributed by atoms with van der Waals surface area (Å²) >= 11 is 0. The van der Waals surface area contributed by atoms with Gasteiger partial charge in [-0.3, -0.25) is 10.1 Å². The van der Waals surface area contributed by atoms with Crippen molar-refractivity contribution < 1.29 is 14.8 Å². The van der Waals surface area contributed by atoms with Crippen LogP contribution in [0.2, 0.25) is 0 Å². The smallest absolute Gasteiger partial charge is 0.423 e. The van der Waals surface area contributed by atoms with Gasteiger partial charge in [0, 0.05) is 5.56 Å². The first-order chi connectivity index (χ1) is 8.16. The second-order valence-corrected chi connectivity index (χ2v) is 3.20. The highest BCUT2D eigenvalue weighted by Gasteiger charge is 2.14. The molecule has 0 bridgehead atoms. The average molecular weight is 233 g/mol. The third-order valence-electron chi connectivity index (χ3n) is 2.02. The minimum atomic E-state index is -1.62. The molecule has 9 heteroatoms. The molecule has 2 rings (SSSR count). The number of rotatable bonds is 3. The number of carbonyl (C=O) groups is 1. The van der Waals surface area contributed by atoms with E-state index < -0.39 is 13.0 Å². The molecule has 0 fully saturated rings. The second-order valence-electron chi connectivity index (χ2n) is 3.20. The number of hydrogen-bond donors (Lipinski definition) is 4. The van der Waals surface area contributed by atoms with Crippen LogP contribution < -0.4 is 10.8 Å². The minimum absolute atomic E-state index is 0.116. The first-order valence-electron chi connectivity index (χ1n) is 4.68. The third kappa shape index (κ3) is 2.65. The predicted octanol–water partition coefficient (Wildman–Crippen LogP) is -1.87. The van der Waals surface area contributed by atoms with Crippen LogP contribution in [-0.2, 0) is 0 Å². The maximum absolute atomic E-state index is 11.7. The molecular formula is C8H8BN5O3. The van der Waals surface area contributed by atoms with Crippen LogP contribution in [0.1, 0.15) is 10.4 Å². The molecular weight excluding hydrogens is 225 g/mol. The van der Waals surface area contributed by atoms with Crippen molar-refractivity contribution in [1.29, 1.82) is 0 Å². The van der Waals surface area contributed by atoms with Gasteiger partial charge in [-0.15, -0.1) is 0 Å². The van der Waals surface area contributed by atoms with Crippen molar-refractivity contribution in [2.45, 2.75) is 0 Å². The molecule has 0 atom stereocenters. The van der Waals surface area contributed by atoms with Gasteiger partial charge < -0.3 is 10.0 Å². The number of benzene rings is 1. The van der Waals surface area contributed by atoms with Crippen molar-refractivity contribution in [3.05, 3.63) is 29.8 Å². The molecule has 0 aliphatic heterocycles. The van der Waals surface area contributed by atoms with Gasteiger partial charge in [-0.1, -0.05) is 17.2 Å². The Labute approximate surface area is 95.8 Å². The topological polar surface area (TPSA) is 124 Å². The lowest BCUT2D eigenvalue weighted by Gasteiger charge is -2.03.